The lowest BCUT2D eigenvalue weighted by molar-refractivity contribution is 0.119. The zero-order valence-corrected chi connectivity index (χ0v) is 10.1. The highest BCUT2D eigenvalue weighted by Gasteiger charge is 2.11. The molecule has 0 amide bonds. The third kappa shape index (κ3) is 4.06. The van der Waals surface area contributed by atoms with E-state index >= 15 is 0 Å². The molecule has 0 spiro atoms. The third-order valence-electron chi connectivity index (χ3n) is 2.47. The molecule has 0 N–H and O–H groups in total. The van der Waals surface area contributed by atoms with Gasteiger partial charge in [0.25, 0.3) is 0 Å². The van der Waals surface area contributed by atoms with E-state index < -0.39 is 0 Å². The maximum absolute atomic E-state index is 5.56. The summed E-state index contributed by atoms with van der Waals surface area (Å²) in [6.07, 6.45) is 0. The number of methoxy groups -OCH3 is 1. The van der Waals surface area contributed by atoms with Crippen molar-refractivity contribution >= 4 is 0 Å². The summed E-state index contributed by atoms with van der Waals surface area (Å²) in [7, 11) is 1.73. The summed E-state index contributed by atoms with van der Waals surface area (Å²) in [4.78, 5) is 2.34. The van der Waals surface area contributed by atoms with Crippen LogP contribution in [0, 0.1) is 6.92 Å². The third-order valence-corrected chi connectivity index (χ3v) is 2.47. The van der Waals surface area contributed by atoms with Crippen molar-refractivity contribution in [3.8, 4) is 0 Å². The van der Waals surface area contributed by atoms with E-state index in [0.29, 0.717) is 6.04 Å². The number of hydrogen-bond acceptors (Lipinski definition) is 3. The van der Waals surface area contributed by atoms with Crippen molar-refractivity contribution in [2.45, 2.75) is 33.4 Å². The van der Waals surface area contributed by atoms with Gasteiger partial charge in [-0.05, 0) is 32.9 Å². The molecule has 1 rings (SSSR count). The van der Waals surface area contributed by atoms with Crippen LogP contribution in [0.1, 0.15) is 25.4 Å². The normalized spacial score (nSPS) is 11.6. The lowest BCUT2D eigenvalue weighted by Crippen LogP contribution is -2.33. The first-order valence-corrected chi connectivity index (χ1v) is 5.41. The molecule has 1 aromatic rings. The monoisotopic (exact) mass is 211 g/mol. The molecule has 0 aliphatic carbocycles. The average molecular weight is 211 g/mol. The van der Waals surface area contributed by atoms with E-state index in [4.69, 9.17) is 9.15 Å². The number of nitrogens with zero attached hydrogens (tertiary/aromatic N) is 1. The summed E-state index contributed by atoms with van der Waals surface area (Å²) in [6, 6.07) is 4.55. The van der Waals surface area contributed by atoms with E-state index in [9.17, 15) is 0 Å². The van der Waals surface area contributed by atoms with Crippen LogP contribution in [0.5, 0.6) is 0 Å². The zero-order chi connectivity index (χ0) is 11.3. The minimum absolute atomic E-state index is 0.505. The molecule has 0 unspecified atom stereocenters. The first-order chi connectivity index (χ1) is 7.13. The van der Waals surface area contributed by atoms with Gasteiger partial charge in [-0.25, -0.2) is 0 Å². The van der Waals surface area contributed by atoms with Crippen molar-refractivity contribution < 1.29 is 9.15 Å². The van der Waals surface area contributed by atoms with Crippen LogP contribution in [0.15, 0.2) is 16.5 Å². The van der Waals surface area contributed by atoms with Gasteiger partial charge < -0.3 is 9.15 Å². The van der Waals surface area contributed by atoms with Crippen LogP contribution in [0.2, 0.25) is 0 Å². The molecule has 0 saturated carbocycles. The topological polar surface area (TPSA) is 25.6 Å². The van der Waals surface area contributed by atoms with Gasteiger partial charge in [-0.3, -0.25) is 4.90 Å². The second kappa shape index (κ2) is 5.93. The van der Waals surface area contributed by atoms with Crippen molar-refractivity contribution in [1.29, 1.82) is 0 Å². The molecule has 0 atom stereocenters. The van der Waals surface area contributed by atoms with Gasteiger partial charge in [0.15, 0.2) is 0 Å². The molecular weight excluding hydrogens is 190 g/mol. The Hall–Kier alpha value is -0.800. The van der Waals surface area contributed by atoms with Crippen LogP contribution in [0.25, 0.3) is 0 Å². The smallest absolute Gasteiger partial charge is 0.118 e. The fourth-order valence-corrected chi connectivity index (χ4v) is 1.50. The van der Waals surface area contributed by atoms with E-state index in [2.05, 4.69) is 18.7 Å². The second-order valence-corrected chi connectivity index (χ2v) is 4.07. The van der Waals surface area contributed by atoms with Crippen LogP contribution in [0.3, 0.4) is 0 Å². The molecule has 86 valence electrons. The second-order valence-electron chi connectivity index (χ2n) is 4.07. The van der Waals surface area contributed by atoms with Crippen molar-refractivity contribution in [2.75, 3.05) is 20.3 Å². The van der Waals surface area contributed by atoms with Gasteiger partial charge in [0.2, 0.25) is 0 Å². The van der Waals surface area contributed by atoms with E-state index in [1.54, 1.807) is 7.11 Å². The first-order valence-electron chi connectivity index (χ1n) is 5.41. The highest BCUT2D eigenvalue weighted by atomic mass is 16.5. The number of furan rings is 1. The Bertz CT molecular complexity index is 281. The molecule has 0 radical (unpaired) electrons. The molecule has 0 aliphatic rings. The first kappa shape index (κ1) is 12.3. The molecule has 0 aliphatic heterocycles. The SMILES string of the molecule is COCCN(Cc1ccc(C)o1)C(C)C. The van der Waals surface area contributed by atoms with Crippen LogP contribution in [0.4, 0.5) is 0 Å². The molecule has 15 heavy (non-hydrogen) atoms. The Morgan fingerprint density at radius 2 is 2.13 bits per heavy atom. The average Bonchev–Trinajstić information content (AvgIpc) is 2.58. The van der Waals surface area contributed by atoms with Gasteiger partial charge >= 0.3 is 0 Å². The van der Waals surface area contributed by atoms with E-state index in [-0.39, 0.29) is 0 Å². The Balaban J connectivity index is 2.50. The Kier molecular flexibility index (Phi) is 4.85. The van der Waals surface area contributed by atoms with Crippen LogP contribution in [-0.2, 0) is 11.3 Å². The minimum atomic E-state index is 0.505. The molecular formula is C12H21NO2. The van der Waals surface area contributed by atoms with Crippen LogP contribution in [-0.4, -0.2) is 31.2 Å². The summed E-state index contributed by atoms with van der Waals surface area (Å²) < 4.78 is 10.7. The Morgan fingerprint density at radius 1 is 1.40 bits per heavy atom. The number of rotatable bonds is 6. The summed E-state index contributed by atoms with van der Waals surface area (Å²) in [6.45, 7) is 8.90. The zero-order valence-electron chi connectivity index (χ0n) is 10.1. The highest BCUT2D eigenvalue weighted by Crippen LogP contribution is 2.11. The molecule has 1 heterocycles. The summed E-state index contributed by atoms with van der Waals surface area (Å²) in [5, 5.41) is 0. The Morgan fingerprint density at radius 3 is 2.60 bits per heavy atom. The maximum atomic E-state index is 5.56. The van der Waals surface area contributed by atoms with Crippen molar-refractivity contribution in [2.24, 2.45) is 0 Å². The van der Waals surface area contributed by atoms with Crippen molar-refractivity contribution in [1.82, 2.24) is 4.90 Å². The quantitative estimate of drug-likeness (QED) is 0.722. The summed E-state index contributed by atoms with van der Waals surface area (Å²) in [5.41, 5.74) is 0. The molecule has 0 fully saturated rings. The van der Waals surface area contributed by atoms with Crippen molar-refractivity contribution in [3.63, 3.8) is 0 Å². The lowest BCUT2D eigenvalue weighted by atomic mass is 10.3. The van der Waals surface area contributed by atoms with Gasteiger partial charge in [-0.2, -0.15) is 0 Å². The standard InChI is InChI=1S/C12H21NO2/c1-10(2)13(7-8-14-4)9-12-6-5-11(3)15-12/h5-6,10H,7-9H2,1-4H3. The largest absolute Gasteiger partial charge is 0.465 e. The highest BCUT2D eigenvalue weighted by molar-refractivity contribution is 5.05. The summed E-state index contributed by atoms with van der Waals surface area (Å²) >= 11 is 0. The molecule has 0 bridgehead atoms. The predicted molar refractivity (Wildman–Crippen MR) is 60.9 cm³/mol. The van der Waals surface area contributed by atoms with E-state index in [1.807, 2.05) is 19.1 Å². The van der Waals surface area contributed by atoms with Gasteiger partial charge in [0.05, 0.1) is 13.2 Å². The molecule has 3 heteroatoms. The molecule has 1 aromatic heterocycles. The lowest BCUT2D eigenvalue weighted by Gasteiger charge is -2.24. The van der Waals surface area contributed by atoms with Crippen LogP contribution >= 0.6 is 0 Å². The number of aryl methyl sites for hydroxylation is 1. The van der Waals surface area contributed by atoms with Crippen LogP contribution < -0.4 is 0 Å². The fraction of sp³-hybridized carbons (Fsp3) is 0.667. The minimum Gasteiger partial charge on any atom is -0.465 e. The van der Waals surface area contributed by atoms with Gasteiger partial charge in [0, 0.05) is 19.7 Å². The number of hydrogen-bond donors (Lipinski definition) is 0. The predicted octanol–water partition coefficient (Wildman–Crippen LogP) is 2.44. The van der Waals surface area contributed by atoms with Gasteiger partial charge in [-0.1, -0.05) is 0 Å². The van der Waals surface area contributed by atoms with Crippen molar-refractivity contribution in [3.05, 3.63) is 23.7 Å². The van der Waals surface area contributed by atoms with E-state index in [1.165, 1.54) is 0 Å². The van der Waals surface area contributed by atoms with Gasteiger partial charge in [0.1, 0.15) is 11.5 Å². The molecule has 0 aromatic carbocycles. The molecule has 3 nitrogen and oxygen atoms in total. The Labute approximate surface area is 92.0 Å². The van der Waals surface area contributed by atoms with Gasteiger partial charge in [-0.15, -0.1) is 0 Å². The van der Waals surface area contributed by atoms with E-state index in [0.717, 1.165) is 31.2 Å². The maximum Gasteiger partial charge on any atom is 0.118 e. The number of ether oxygens (including phenoxy) is 1. The molecule has 0 saturated heterocycles. The summed E-state index contributed by atoms with van der Waals surface area (Å²) in [5.74, 6) is 2.00. The fourth-order valence-electron chi connectivity index (χ4n) is 1.50.